The molecule has 5 nitrogen and oxygen atoms in total. The van der Waals surface area contributed by atoms with Gasteiger partial charge in [0.2, 0.25) is 0 Å². The molecule has 3 aromatic heterocycles. The van der Waals surface area contributed by atoms with Crippen molar-refractivity contribution >= 4 is 11.3 Å². The van der Waals surface area contributed by atoms with Crippen LogP contribution in [0.4, 0.5) is 0 Å². The number of rotatable bonds is 5. The van der Waals surface area contributed by atoms with Crippen molar-refractivity contribution in [2.75, 3.05) is 0 Å². The lowest BCUT2D eigenvalue weighted by atomic mass is 10.2. The first-order chi connectivity index (χ1) is 9.72. The maximum absolute atomic E-state index is 4.33. The van der Waals surface area contributed by atoms with Gasteiger partial charge in [0.1, 0.15) is 5.69 Å². The van der Waals surface area contributed by atoms with Crippen LogP contribution in [-0.4, -0.2) is 20.0 Å². The predicted octanol–water partition coefficient (Wildman–Crippen LogP) is 2.47. The summed E-state index contributed by atoms with van der Waals surface area (Å²) in [5, 5.41) is 17.2. The summed E-state index contributed by atoms with van der Waals surface area (Å²) in [5.41, 5.74) is 4.40. The van der Waals surface area contributed by atoms with Gasteiger partial charge in [-0.25, -0.2) is 0 Å². The molecule has 0 bridgehead atoms. The van der Waals surface area contributed by atoms with Crippen LogP contribution in [-0.2, 0) is 20.1 Å². The van der Waals surface area contributed by atoms with E-state index in [1.807, 2.05) is 30.9 Å². The summed E-state index contributed by atoms with van der Waals surface area (Å²) in [6, 6.07) is 6.21. The van der Waals surface area contributed by atoms with Gasteiger partial charge in [0, 0.05) is 37.6 Å². The fourth-order valence-corrected chi connectivity index (χ4v) is 2.84. The molecule has 3 rings (SSSR count). The van der Waals surface area contributed by atoms with Crippen LogP contribution in [0.2, 0.25) is 0 Å². The number of hydrogen-bond acceptors (Lipinski definition) is 4. The van der Waals surface area contributed by atoms with Gasteiger partial charge in [-0.05, 0) is 24.4 Å². The molecule has 0 radical (unpaired) electrons. The minimum atomic E-state index is 0.771. The summed E-state index contributed by atoms with van der Waals surface area (Å²) < 4.78 is 1.84. The Morgan fingerprint density at radius 3 is 3.00 bits per heavy atom. The number of aromatic nitrogens is 4. The molecule has 0 amide bonds. The largest absolute Gasteiger partial charge is 0.307 e. The van der Waals surface area contributed by atoms with Crippen LogP contribution in [0.5, 0.6) is 0 Å². The summed E-state index contributed by atoms with van der Waals surface area (Å²) in [5.74, 6) is 0. The summed E-state index contributed by atoms with van der Waals surface area (Å²) in [7, 11) is 1.94. The highest BCUT2D eigenvalue weighted by atomic mass is 32.1. The molecule has 20 heavy (non-hydrogen) atoms. The second kappa shape index (κ2) is 5.60. The van der Waals surface area contributed by atoms with Crippen molar-refractivity contribution in [3.63, 3.8) is 0 Å². The monoisotopic (exact) mass is 287 g/mol. The minimum Gasteiger partial charge on any atom is -0.307 e. The molecule has 2 N–H and O–H groups in total. The topological polar surface area (TPSA) is 58.5 Å². The van der Waals surface area contributed by atoms with Crippen molar-refractivity contribution in [1.29, 1.82) is 0 Å². The highest BCUT2D eigenvalue weighted by Gasteiger charge is 2.06. The van der Waals surface area contributed by atoms with Gasteiger partial charge in [-0.1, -0.05) is 6.07 Å². The van der Waals surface area contributed by atoms with Crippen molar-refractivity contribution in [3.8, 4) is 10.6 Å². The summed E-state index contributed by atoms with van der Waals surface area (Å²) in [6.07, 6.45) is 2.05. The molecule has 0 aliphatic rings. The van der Waals surface area contributed by atoms with E-state index in [0.29, 0.717) is 0 Å². The van der Waals surface area contributed by atoms with E-state index in [9.17, 15) is 0 Å². The zero-order valence-corrected chi connectivity index (χ0v) is 12.4. The van der Waals surface area contributed by atoms with E-state index in [0.717, 1.165) is 30.2 Å². The van der Waals surface area contributed by atoms with Gasteiger partial charge in [0.05, 0.1) is 10.6 Å². The van der Waals surface area contributed by atoms with Crippen LogP contribution >= 0.6 is 11.3 Å². The van der Waals surface area contributed by atoms with Gasteiger partial charge in [-0.3, -0.25) is 9.78 Å². The first-order valence-electron chi connectivity index (χ1n) is 6.50. The lowest BCUT2D eigenvalue weighted by Crippen LogP contribution is -2.13. The van der Waals surface area contributed by atoms with Crippen LogP contribution in [0.1, 0.15) is 17.0 Å². The maximum Gasteiger partial charge on any atom is 0.102 e. The smallest absolute Gasteiger partial charge is 0.102 e. The van der Waals surface area contributed by atoms with E-state index in [4.69, 9.17) is 0 Å². The first-order valence-corrected chi connectivity index (χ1v) is 7.38. The molecule has 0 aliphatic heterocycles. The van der Waals surface area contributed by atoms with Crippen molar-refractivity contribution in [2.45, 2.75) is 20.0 Å². The van der Waals surface area contributed by atoms with Gasteiger partial charge >= 0.3 is 0 Å². The number of thiophene rings is 1. The van der Waals surface area contributed by atoms with E-state index in [-0.39, 0.29) is 0 Å². The lowest BCUT2D eigenvalue weighted by Gasteiger charge is -2.01. The lowest BCUT2D eigenvalue weighted by molar-refractivity contribution is 0.674. The second-order valence-electron chi connectivity index (χ2n) is 4.77. The molecule has 0 aromatic carbocycles. The van der Waals surface area contributed by atoms with Gasteiger partial charge in [0.25, 0.3) is 0 Å². The number of hydrogen-bond donors (Lipinski definition) is 2. The second-order valence-corrected chi connectivity index (χ2v) is 5.72. The molecule has 0 saturated heterocycles. The Balaban J connectivity index is 1.58. The quantitative estimate of drug-likeness (QED) is 0.758. The van der Waals surface area contributed by atoms with Crippen LogP contribution in [0.25, 0.3) is 10.6 Å². The standard InChI is InChI=1S/C14H17N5S/c1-10-11(9-19(2)18-10)7-15-8-12-6-13(17-16-12)14-4-3-5-20-14/h3-6,9,15H,7-8H2,1-2H3,(H,16,17). The molecular formula is C14H17N5S. The number of H-pyrrole nitrogens is 1. The Labute approximate surface area is 121 Å². The normalized spacial score (nSPS) is 11.1. The zero-order chi connectivity index (χ0) is 13.9. The minimum absolute atomic E-state index is 0.771. The third-order valence-corrected chi connectivity index (χ3v) is 4.04. The van der Waals surface area contributed by atoms with Crippen LogP contribution in [0.15, 0.2) is 29.8 Å². The molecule has 0 unspecified atom stereocenters. The predicted molar refractivity (Wildman–Crippen MR) is 80.4 cm³/mol. The zero-order valence-electron chi connectivity index (χ0n) is 11.6. The average Bonchev–Trinajstić information content (AvgIpc) is 3.12. The molecule has 0 atom stereocenters. The summed E-state index contributed by atoms with van der Waals surface area (Å²) in [4.78, 5) is 1.19. The van der Waals surface area contributed by atoms with E-state index < -0.39 is 0 Å². The Morgan fingerprint density at radius 1 is 1.40 bits per heavy atom. The number of nitrogens with one attached hydrogen (secondary N) is 2. The molecule has 0 spiro atoms. The Hall–Kier alpha value is -1.92. The van der Waals surface area contributed by atoms with Crippen LogP contribution in [0, 0.1) is 6.92 Å². The van der Waals surface area contributed by atoms with E-state index in [2.05, 4.69) is 38.1 Å². The van der Waals surface area contributed by atoms with Crippen molar-refractivity contribution in [3.05, 3.63) is 46.7 Å². The SMILES string of the molecule is Cc1nn(C)cc1CNCc1cc(-c2cccs2)n[nH]1. The molecule has 0 fully saturated rings. The number of aryl methyl sites for hydroxylation is 2. The Bertz CT molecular complexity index is 680. The third-order valence-electron chi connectivity index (χ3n) is 3.15. The van der Waals surface area contributed by atoms with Gasteiger partial charge in [0.15, 0.2) is 0 Å². The van der Waals surface area contributed by atoms with Crippen molar-refractivity contribution in [2.24, 2.45) is 7.05 Å². The molecule has 0 saturated carbocycles. The molecule has 3 aromatic rings. The number of nitrogens with zero attached hydrogens (tertiary/aromatic N) is 3. The van der Waals surface area contributed by atoms with E-state index in [1.165, 1.54) is 10.4 Å². The fourth-order valence-electron chi connectivity index (χ4n) is 2.16. The molecule has 6 heteroatoms. The molecule has 3 heterocycles. The summed E-state index contributed by atoms with van der Waals surface area (Å²) in [6.45, 7) is 3.61. The molecular weight excluding hydrogens is 270 g/mol. The highest BCUT2D eigenvalue weighted by Crippen LogP contribution is 2.22. The van der Waals surface area contributed by atoms with Gasteiger partial charge < -0.3 is 5.32 Å². The molecule has 0 aliphatic carbocycles. The van der Waals surface area contributed by atoms with Crippen LogP contribution < -0.4 is 5.32 Å². The fraction of sp³-hybridized carbons (Fsp3) is 0.286. The highest BCUT2D eigenvalue weighted by molar-refractivity contribution is 7.13. The van der Waals surface area contributed by atoms with Crippen molar-refractivity contribution < 1.29 is 0 Å². The maximum atomic E-state index is 4.33. The average molecular weight is 287 g/mol. The Kier molecular flexibility index (Phi) is 3.66. The molecule has 104 valence electrons. The van der Waals surface area contributed by atoms with E-state index >= 15 is 0 Å². The van der Waals surface area contributed by atoms with E-state index in [1.54, 1.807) is 11.3 Å². The van der Waals surface area contributed by atoms with Crippen LogP contribution in [0.3, 0.4) is 0 Å². The number of aromatic amines is 1. The summed E-state index contributed by atoms with van der Waals surface area (Å²) >= 11 is 1.70. The van der Waals surface area contributed by atoms with Crippen molar-refractivity contribution in [1.82, 2.24) is 25.3 Å². The third kappa shape index (κ3) is 2.81. The van der Waals surface area contributed by atoms with Gasteiger partial charge in [-0.2, -0.15) is 10.2 Å². The first kappa shape index (κ1) is 13.1. The van der Waals surface area contributed by atoms with Gasteiger partial charge in [-0.15, -0.1) is 11.3 Å². The Morgan fingerprint density at radius 2 is 2.30 bits per heavy atom.